The van der Waals surface area contributed by atoms with Crippen molar-refractivity contribution in [1.82, 2.24) is 25.1 Å². The summed E-state index contributed by atoms with van der Waals surface area (Å²) in [7, 11) is 0. The average Bonchev–Trinajstić information content (AvgIpc) is 2.61. The van der Waals surface area contributed by atoms with Crippen molar-refractivity contribution in [2.45, 2.75) is 19.0 Å². The maximum Gasteiger partial charge on any atom is 0.274 e. The Balaban J connectivity index is 1.93. The van der Waals surface area contributed by atoms with Gasteiger partial charge in [-0.05, 0) is 25.6 Å². The fourth-order valence-corrected chi connectivity index (χ4v) is 2.84. The second-order valence-corrected chi connectivity index (χ2v) is 6.25. The monoisotopic (exact) mass is 369 g/mol. The lowest BCUT2D eigenvalue weighted by Gasteiger charge is -2.07. The Bertz CT molecular complexity index is 1060. The number of aromatic amines is 2. The van der Waals surface area contributed by atoms with Gasteiger partial charge in [-0.15, -0.1) is 10.2 Å². The van der Waals surface area contributed by atoms with Crippen LogP contribution in [0.2, 0.25) is 0 Å². The van der Waals surface area contributed by atoms with Gasteiger partial charge in [0.2, 0.25) is 5.95 Å². The second kappa shape index (κ2) is 7.74. The second-order valence-electron chi connectivity index (χ2n) is 5.28. The molecule has 1 aromatic carbocycles. The van der Waals surface area contributed by atoms with Crippen LogP contribution in [0.25, 0.3) is 0 Å². The highest BCUT2D eigenvalue weighted by atomic mass is 32.2. The minimum absolute atomic E-state index is 0.111. The van der Waals surface area contributed by atoms with Crippen molar-refractivity contribution in [3.63, 3.8) is 0 Å². The SMILES string of the molecule is Cc1cc(=O)[nH]c(S/C(=N\Nc2nnc(C)c(=O)[nH]2)c2ccccc2)n1. The Morgan fingerprint density at radius 3 is 2.58 bits per heavy atom. The van der Waals surface area contributed by atoms with Gasteiger partial charge >= 0.3 is 0 Å². The van der Waals surface area contributed by atoms with E-state index in [9.17, 15) is 9.59 Å². The van der Waals surface area contributed by atoms with Crippen LogP contribution in [-0.4, -0.2) is 30.2 Å². The molecule has 0 saturated carbocycles. The highest BCUT2D eigenvalue weighted by molar-refractivity contribution is 8.14. The molecular weight excluding hydrogens is 354 g/mol. The van der Waals surface area contributed by atoms with Crippen LogP contribution in [0.4, 0.5) is 5.95 Å². The van der Waals surface area contributed by atoms with Crippen molar-refractivity contribution in [3.8, 4) is 0 Å². The molecule has 0 fully saturated rings. The van der Waals surface area contributed by atoms with Crippen molar-refractivity contribution >= 4 is 22.8 Å². The minimum atomic E-state index is -0.351. The van der Waals surface area contributed by atoms with Crippen molar-refractivity contribution in [2.24, 2.45) is 5.10 Å². The Morgan fingerprint density at radius 2 is 1.88 bits per heavy atom. The number of H-pyrrole nitrogens is 2. The number of nitrogens with one attached hydrogen (secondary N) is 3. The summed E-state index contributed by atoms with van der Waals surface area (Å²) < 4.78 is 0. The fraction of sp³-hybridized carbons (Fsp3) is 0.125. The minimum Gasteiger partial charge on any atom is -0.301 e. The van der Waals surface area contributed by atoms with E-state index in [0.29, 0.717) is 15.9 Å². The first-order chi connectivity index (χ1) is 12.5. The van der Waals surface area contributed by atoms with Gasteiger partial charge < -0.3 is 4.98 Å². The largest absolute Gasteiger partial charge is 0.301 e. The maximum atomic E-state index is 11.7. The molecule has 9 nitrogen and oxygen atoms in total. The number of benzene rings is 1. The third kappa shape index (κ3) is 4.42. The molecule has 0 radical (unpaired) electrons. The van der Waals surface area contributed by atoms with Crippen LogP contribution < -0.4 is 16.5 Å². The quantitative estimate of drug-likeness (QED) is 0.209. The summed E-state index contributed by atoms with van der Waals surface area (Å²) >= 11 is 1.18. The van der Waals surface area contributed by atoms with Gasteiger partial charge in [-0.1, -0.05) is 30.3 Å². The number of anilines is 1. The molecule has 0 aliphatic carbocycles. The van der Waals surface area contributed by atoms with Gasteiger partial charge in [0.25, 0.3) is 11.1 Å². The van der Waals surface area contributed by atoms with E-state index in [1.54, 1.807) is 13.8 Å². The van der Waals surface area contributed by atoms with Crippen LogP contribution >= 0.6 is 11.8 Å². The molecule has 0 saturated heterocycles. The molecule has 2 heterocycles. The zero-order valence-electron chi connectivity index (χ0n) is 14.0. The van der Waals surface area contributed by atoms with E-state index in [-0.39, 0.29) is 22.8 Å². The van der Waals surface area contributed by atoms with E-state index >= 15 is 0 Å². The van der Waals surface area contributed by atoms with Crippen molar-refractivity contribution < 1.29 is 0 Å². The van der Waals surface area contributed by atoms with Gasteiger partial charge in [0, 0.05) is 17.3 Å². The molecule has 0 unspecified atom stereocenters. The summed E-state index contributed by atoms with van der Waals surface area (Å²) in [5.41, 5.74) is 3.75. The molecule has 26 heavy (non-hydrogen) atoms. The van der Waals surface area contributed by atoms with Crippen LogP contribution in [0.3, 0.4) is 0 Å². The van der Waals surface area contributed by atoms with Gasteiger partial charge in [0.15, 0.2) is 5.16 Å². The number of nitrogens with zero attached hydrogens (tertiary/aromatic N) is 4. The zero-order valence-corrected chi connectivity index (χ0v) is 14.8. The van der Waals surface area contributed by atoms with Crippen LogP contribution in [0.1, 0.15) is 17.0 Å². The van der Waals surface area contributed by atoms with E-state index in [1.165, 1.54) is 17.8 Å². The molecule has 0 aliphatic heterocycles. The van der Waals surface area contributed by atoms with Crippen LogP contribution in [0.15, 0.2) is 56.2 Å². The lowest BCUT2D eigenvalue weighted by Crippen LogP contribution is -2.16. The van der Waals surface area contributed by atoms with E-state index in [2.05, 4.69) is 35.7 Å². The Kier molecular flexibility index (Phi) is 5.23. The van der Waals surface area contributed by atoms with Crippen molar-refractivity contribution in [2.75, 3.05) is 5.43 Å². The van der Waals surface area contributed by atoms with E-state index in [0.717, 1.165) is 5.56 Å². The molecule has 3 rings (SSSR count). The number of hydrogen-bond donors (Lipinski definition) is 3. The van der Waals surface area contributed by atoms with Crippen molar-refractivity contribution in [1.29, 1.82) is 0 Å². The molecule has 3 aromatic rings. The number of rotatable bonds is 4. The molecule has 3 N–H and O–H groups in total. The lowest BCUT2D eigenvalue weighted by molar-refractivity contribution is 0.897. The molecule has 0 atom stereocenters. The molecule has 132 valence electrons. The number of thioether (sulfide) groups is 1. The fourth-order valence-electron chi connectivity index (χ4n) is 1.97. The Morgan fingerprint density at radius 1 is 1.12 bits per heavy atom. The van der Waals surface area contributed by atoms with Gasteiger partial charge in [-0.25, -0.2) is 10.4 Å². The Labute approximate surface area is 152 Å². The van der Waals surface area contributed by atoms with Crippen LogP contribution in [0.5, 0.6) is 0 Å². The zero-order chi connectivity index (χ0) is 18.5. The summed E-state index contributed by atoms with van der Waals surface area (Å²) in [4.78, 5) is 32.8. The predicted octanol–water partition coefficient (Wildman–Crippen LogP) is 1.43. The molecule has 2 aromatic heterocycles. The van der Waals surface area contributed by atoms with Gasteiger partial charge in [0.1, 0.15) is 10.7 Å². The smallest absolute Gasteiger partial charge is 0.274 e. The first kappa shape index (κ1) is 17.5. The molecular formula is C16H15N7O2S. The topological polar surface area (TPSA) is 129 Å². The van der Waals surface area contributed by atoms with E-state index < -0.39 is 0 Å². The average molecular weight is 369 g/mol. The van der Waals surface area contributed by atoms with E-state index in [1.807, 2.05) is 30.3 Å². The van der Waals surface area contributed by atoms with E-state index in [4.69, 9.17) is 0 Å². The first-order valence-electron chi connectivity index (χ1n) is 7.60. The number of aryl methyl sites for hydroxylation is 2. The summed E-state index contributed by atoms with van der Waals surface area (Å²) in [5, 5.41) is 12.8. The van der Waals surface area contributed by atoms with Gasteiger partial charge in [-0.3, -0.25) is 14.6 Å². The molecule has 0 bridgehead atoms. The van der Waals surface area contributed by atoms with Crippen LogP contribution in [-0.2, 0) is 0 Å². The summed E-state index contributed by atoms with van der Waals surface area (Å²) in [5.74, 6) is 0.111. The standard InChI is InChI=1S/C16H15N7O2S/c1-9-8-12(24)18-16(17-9)26-14(11-6-4-3-5-7-11)21-23-15-19-13(25)10(2)20-22-15/h3-8H,1-2H3,(H,17,18,24)(H2,19,22,23,25)/b21-14-. The lowest BCUT2D eigenvalue weighted by atomic mass is 10.2. The maximum absolute atomic E-state index is 11.7. The number of aromatic nitrogens is 5. The van der Waals surface area contributed by atoms with Gasteiger partial charge in [-0.2, -0.15) is 5.10 Å². The molecule has 0 amide bonds. The first-order valence-corrected chi connectivity index (χ1v) is 8.41. The van der Waals surface area contributed by atoms with Crippen LogP contribution in [0, 0.1) is 13.8 Å². The summed E-state index contributed by atoms with van der Waals surface area (Å²) in [6.07, 6.45) is 0. The molecule has 0 aliphatic rings. The third-order valence-electron chi connectivity index (χ3n) is 3.19. The summed E-state index contributed by atoms with van der Waals surface area (Å²) in [6, 6.07) is 10.8. The number of hydrogen-bond acceptors (Lipinski definition) is 8. The third-order valence-corrected chi connectivity index (χ3v) is 4.09. The summed E-state index contributed by atoms with van der Waals surface area (Å²) in [6.45, 7) is 3.30. The number of hydrazone groups is 1. The normalized spacial score (nSPS) is 11.4. The molecule has 10 heteroatoms. The Hall–Kier alpha value is -3.27. The predicted molar refractivity (Wildman–Crippen MR) is 99.4 cm³/mol. The molecule has 0 spiro atoms. The highest BCUT2D eigenvalue weighted by Gasteiger charge is 2.10. The highest BCUT2D eigenvalue weighted by Crippen LogP contribution is 2.20. The van der Waals surface area contributed by atoms with Gasteiger partial charge in [0.05, 0.1) is 0 Å². The van der Waals surface area contributed by atoms with Crippen molar-refractivity contribution in [3.05, 3.63) is 74.1 Å².